The zero-order valence-corrected chi connectivity index (χ0v) is 6.52. The van der Waals surface area contributed by atoms with Crippen molar-refractivity contribution < 1.29 is 5.11 Å². The molecule has 0 fully saturated rings. The Morgan fingerprint density at radius 3 is 2.33 bits per heavy atom. The number of allylic oxidation sites excluding steroid dienone is 1. The standard InChI is InChI=1S/C8H16O/c1-4-6-7-8(3,9)5-2/h6-7,9H,4-5H2,1-3H3. The van der Waals surface area contributed by atoms with Crippen LogP contribution >= 0.6 is 0 Å². The summed E-state index contributed by atoms with van der Waals surface area (Å²) in [6.45, 7) is 5.85. The van der Waals surface area contributed by atoms with E-state index in [0.717, 1.165) is 12.8 Å². The Morgan fingerprint density at radius 1 is 1.44 bits per heavy atom. The fourth-order valence-corrected chi connectivity index (χ4v) is 0.490. The van der Waals surface area contributed by atoms with Crippen molar-refractivity contribution in [2.75, 3.05) is 0 Å². The Hall–Kier alpha value is -0.300. The first-order chi connectivity index (χ1) is 4.12. The van der Waals surface area contributed by atoms with Gasteiger partial charge in [-0.05, 0) is 19.8 Å². The second-order valence-electron chi connectivity index (χ2n) is 2.52. The molecule has 54 valence electrons. The Morgan fingerprint density at radius 2 is 2.00 bits per heavy atom. The van der Waals surface area contributed by atoms with Crippen LogP contribution in [0.1, 0.15) is 33.6 Å². The Labute approximate surface area is 57.4 Å². The Kier molecular flexibility index (Phi) is 3.55. The second kappa shape index (κ2) is 3.67. The van der Waals surface area contributed by atoms with Crippen LogP contribution in [0, 0.1) is 0 Å². The monoisotopic (exact) mass is 128 g/mol. The van der Waals surface area contributed by atoms with Crippen molar-refractivity contribution in [2.45, 2.75) is 39.2 Å². The molecule has 0 rings (SSSR count). The van der Waals surface area contributed by atoms with E-state index < -0.39 is 5.60 Å². The van der Waals surface area contributed by atoms with Crippen LogP contribution in [0.4, 0.5) is 0 Å². The molecule has 1 atom stereocenters. The van der Waals surface area contributed by atoms with Crippen molar-refractivity contribution in [3.63, 3.8) is 0 Å². The van der Waals surface area contributed by atoms with Crippen LogP contribution in [-0.2, 0) is 0 Å². The van der Waals surface area contributed by atoms with Gasteiger partial charge in [-0.25, -0.2) is 0 Å². The maximum atomic E-state index is 9.37. The molecule has 0 saturated carbocycles. The molecule has 0 saturated heterocycles. The highest BCUT2D eigenvalue weighted by atomic mass is 16.3. The van der Waals surface area contributed by atoms with Crippen molar-refractivity contribution in [3.05, 3.63) is 12.2 Å². The summed E-state index contributed by atoms with van der Waals surface area (Å²) in [7, 11) is 0. The van der Waals surface area contributed by atoms with Gasteiger partial charge in [0.05, 0.1) is 5.60 Å². The third-order valence-electron chi connectivity index (χ3n) is 1.43. The SMILES string of the molecule is CCC=CC(C)(O)CC. The van der Waals surface area contributed by atoms with E-state index in [-0.39, 0.29) is 0 Å². The maximum absolute atomic E-state index is 9.37. The molecule has 0 aliphatic rings. The lowest BCUT2D eigenvalue weighted by Gasteiger charge is -2.14. The summed E-state index contributed by atoms with van der Waals surface area (Å²) in [5.74, 6) is 0. The largest absolute Gasteiger partial charge is 0.386 e. The zero-order chi connectivity index (χ0) is 7.33. The maximum Gasteiger partial charge on any atom is 0.0797 e. The van der Waals surface area contributed by atoms with E-state index in [1.807, 2.05) is 26.0 Å². The van der Waals surface area contributed by atoms with Gasteiger partial charge < -0.3 is 5.11 Å². The van der Waals surface area contributed by atoms with Crippen molar-refractivity contribution in [3.8, 4) is 0 Å². The van der Waals surface area contributed by atoms with E-state index in [0.29, 0.717) is 0 Å². The van der Waals surface area contributed by atoms with E-state index in [1.54, 1.807) is 0 Å². The van der Waals surface area contributed by atoms with Gasteiger partial charge in [-0.15, -0.1) is 0 Å². The summed E-state index contributed by atoms with van der Waals surface area (Å²) in [5, 5.41) is 9.37. The second-order valence-corrected chi connectivity index (χ2v) is 2.52. The summed E-state index contributed by atoms with van der Waals surface area (Å²) in [6.07, 6.45) is 5.62. The van der Waals surface area contributed by atoms with Gasteiger partial charge in [0.1, 0.15) is 0 Å². The first-order valence-electron chi connectivity index (χ1n) is 3.52. The van der Waals surface area contributed by atoms with Crippen LogP contribution in [0.15, 0.2) is 12.2 Å². The Balaban J connectivity index is 3.70. The highest BCUT2D eigenvalue weighted by molar-refractivity contribution is 4.96. The summed E-state index contributed by atoms with van der Waals surface area (Å²) in [4.78, 5) is 0. The average Bonchev–Trinajstić information content (AvgIpc) is 1.84. The molecule has 1 nitrogen and oxygen atoms in total. The Bertz CT molecular complexity index is 92.7. The first kappa shape index (κ1) is 8.70. The predicted molar refractivity (Wildman–Crippen MR) is 40.3 cm³/mol. The lowest BCUT2D eigenvalue weighted by Crippen LogP contribution is -2.18. The van der Waals surface area contributed by atoms with E-state index in [4.69, 9.17) is 0 Å². The van der Waals surface area contributed by atoms with Crippen LogP contribution < -0.4 is 0 Å². The molecule has 0 aromatic heterocycles. The van der Waals surface area contributed by atoms with Crippen LogP contribution in [0.5, 0.6) is 0 Å². The quantitative estimate of drug-likeness (QED) is 0.577. The minimum atomic E-state index is -0.587. The number of hydrogen-bond donors (Lipinski definition) is 1. The van der Waals surface area contributed by atoms with Crippen molar-refractivity contribution in [2.24, 2.45) is 0 Å². The smallest absolute Gasteiger partial charge is 0.0797 e. The molecule has 0 aliphatic carbocycles. The van der Waals surface area contributed by atoms with Gasteiger partial charge in [0, 0.05) is 0 Å². The molecule has 1 N–H and O–H groups in total. The first-order valence-corrected chi connectivity index (χ1v) is 3.52. The molecular formula is C8H16O. The fraction of sp³-hybridized carbons (Fsp3) is 0.750. The van der Waals surface area contributed by atoms with Crippen LogP contribution in [0.25, 0.3) is 0 Å². The third kappa shape index (κ3) is 4.22. The third-order valence-corrected chi connectivity index (χ3v) is 1.43. The van der Waals surface area contributed by atoms with Crippen LogP contribution in [0.2, 0.25) is 0 Å². The molecule has 1 unspecified atom stereocenters. The topological polar surface area (TPSA) is 20.2 Å². The molecule has 0 aromatic carbocycles. The van der Waals surface area contributed by atoms with Gasteiger partial charge in [-0.1, -0.05) is 26.0 Å². The van der Waals surface area contributed by atoms with E-state index in [1.165, 1.54) is 0 Å². The molecule has 0 radical (unpaired) electrons. The number of rotatable bonds is 3. The molecule has 1 heteroatoms. The molecule has 0 aliphatic heterocycles. The molecule has 0 spiro atoms. The van der Waals surface area contributed by atoms with E-state index in [9.17, 15) is 5.11 Å². The lowest BCUT2D eigenvalue weighted by molar-refractivity contribution is 0.107. The fourth-order valence-electron chi connectivity index (χ4n) is 0.490. The molecule has 9 heavy (non-hydrogen) atoms. The summed E-state index contributed by atoms with van der Waals surface area (Å²) >= 11 is 0. The highest BCUT2D eigenvalue weighted by Gasteiger charge is 2.10. The average molecular weight is 128 g/mol. The molecule has 0 amide bonds. The normalized spacial score (nSPS) is 18.2. The molecular weight excluding hydrogens is 112 g/mol. The zero-order valence-electron chi connectivity index (χ0n) is 6.52. The molecule has 0 aromatic rings. The van der Waals surface area contributed by atoms with E-state index >= 15 is 0 Å². The van der Waals surface area contributed by atoms with Gasteiger partial charge in [0.2, 0.25) is 0 Å². The van der Waals surface area contributed by atoms with Gasteiger partial charge in [-0.3, -0.25) is 0 Å². The van der Waals surface area contributed by atoms with Gasteiger partial charge in [-0.2, -0.15) is 0 Å². The summed E-state index contributed by atoms with van der Waals surface area (Å²) < 4.78 is 0. The molecule has 0 bridgehead atoms. The van der Waals surface area contributed by atoms with Crippen molar-refractivity contribution in [1.82, 2.24) is 0 Å². The summed E-state index contributed by atoms with van der Waals surface area (Å²) in [5.41, 5.74) is -0.587. The van der Waals surface area contributed by atoms with E-state index in [2.05, 4.69) is 6.92 Å². The van der Waals surface area contributed by atoms with Crippen molar-refractivity contribution in [1.29, 1.82) is 0 Å². The minimum Gasteiger partial charge on any atom is -0.386 e. The predicted octanol–water partition coefficient (Wildman–Crippen LogP) is 2.11. The minimum absolute atomic E-state index is 0.587. The molecule has 0 heterocycles. The van der Waals surface area contributed by atoms with Gasteiger partial charge in [0.15, 0.2) is 0 Å². The van der Waals surface area contributed by atoms with Gasteiger partial charge in [0.25, 0.3) is 0 Å². The number of hydrogen-bond acceptors (Lipinski definition) is 1. The van der Waals surface area contributed by atoms with Crippen LogP contribution in [0.3, 0.4) is 0 Å². The van der Waals surface area contributed by atoms with Gasteiger partial charge >= 0.3 is 0 Å². The highest BCUT2D eigenvalue weighted by Crippen LogP contribution is 2.09. The number of aliphatic hydroxyl groups is 1. The van der Waals surface area contributed by atoms with Crippen LogP contribution in [-0.4, -0.2) is 10.7 Å². The lowest BCUT2D eigenvalue weighted by atomic mass is 10.0. The summed E-state index contributed by atoms with van der Waals surface area (Å²) in [6, 6.07) is 0. The van der Waals surface area contributed by atoms with Crippen molar-refractivity contribution >= 4 is 0 Å².